The van der Waals surface area contributed by atoms with Crippen molar-refractivity contribution < 1.29 is 14.3 Å². The van der Waals surface area contributed by atoms with Crippen LogP contribution in [0.15, 0.2) is 18.2 Å². The first kappa shape index (κ1) is 18.3. The number of rotatable bonds is 9. The summed E-state index contributed by atoms with van der Waals surface area (Å²) in [5.74, 6) is 1.05. The van der Waals surface area contributed by atoms with Gasteiger partial charge in [-0.05, 0) is 38.5 Å². The van der Waals surface area contributed by atoms with E-state index in [1.165, 1.54) is 0 Å². The number of benzene rings is 1. The summed E-state index contributed by atoms with van der Waals surface area (Å²) in [7, 11) is 1.56. The number of hydrogen-bond donors (Lipinski definition) is 2. The van der Waals surface area contributed by atoms with E-state index in [1.54, 1.807) is 25.3 Å². The summed E-state index contributed by atoms with van der Waals surface area (Å²) in [5, 5.41) is 2.97. The zero-order valence-corrected chi connectivity index (χ0v) is 14.0. The zero-order chi connectivity index (χ0) is 16.5. The second kappa shape index (κ2) is 9.30. The number of hydrogen-bond acceptors (Lipinski definition) is 4. The molecule has 1 atom stereocenters. The molecule has 0 radical (unpaired) electrons. The molecule has 1 rings (SSSR count). The molecule has 1 amide bonds. The number of methoxy groups -OCH3 is 1. The quantitative estimate of drug-likeness (QED) is 0.735. The van der Waals surface area contributed by atoms with Crippen LogP contribution in [0.1, 0.15) is 50.4 Å². The summed E-state index contributed by atoms with van der Waals surface area (Å²) in [6, 6.07) is 5.20. The van der Waals surface area contributed by atoms with Gasteiger partial charge in [0, 0.05) is 18.2 Å². The molecule has 0 saturated heterocycles. The van der Waals surface area contributed by atoms with E-state index in [1.807, 2.05) is 13.8 Å². The van der Waals surface area contributed by atoms with E-state index in [9.17, 15) is 4.79 Å². The van der Waals surface area contributed by atoms with Crippen LogP contribution in [-0.2, 0) is 0 Å². The molecule has 3 N–H and O–H groups in total. The maximum atomic E-state index is 12.3. The van der Waals surface area contributed by atoms with Gasteiger partial charge in [0.15, 0.2) is 11.5 Å². The van der Waals surface area contributed by atoms with Crippen molar-refractivity contribution in [1.29, 1.82) is 0 Å². The molecule has 0 aromatic heterocycles. The van der Waals surface area contributed by atoms with Crippen molar-refractivity contribution >= 4 is 5.91 Å². The van der Waals surface area contributed by atoms with Crippen LogP contribution < -0.4 is 20.5 Å². The monoisotopic (exact) mass is 308 g/mol. The zero-order valence-electron chi connectivity index (χ0n) is 14.0. The molecule has 1 aromatic carbocycles. The Morgan fingerprint density at radius 1 is 1.32 bits per heavy atom. The first-order chi connectivity index (χ1) is 10.5. The predicted octanol–water partition coefficient (Wildman–Crippen LogP) is 2.73. The second-order valence-electron chi connectivity index (χ2n) is 5.58. The van der Waals surface area contributed by atoms with Crippen LogP contribution in [-0.4, -0.2) is 31.7 Å². The van der Waals surface area contributed by atoms with Gasteiger partial charge in [0.05, 0.1) is 13.2 Å². The number of carbonyl (C=O) groups excluding carboxylic acids is 1. The summed E-state index contributed by atoms with van der Waals surface area (Å²) in [4.78, 5) is 12.3. The summed E-state index contributed by atoms with van der Waals surface area (Å²) in [6.45, 7) is 6.45. The third kappa shape index (κ3) is 5.56. The minimum absolute atomic E-state index is 0.00466. The van der Waals surface area contributed by atoms with Gasteiger partial charge in [0.1, 0.15) is 0 Å². The lowest BCUT2D eigenvalue weighted by Gasteiger charge is -2.18. The maximum absolute atomic E-state index is 12.3. The number of nitrogens with two attached hydrogens (primary N) is 1. The fraction of sp³-hybridized carbons (Fsp3) is 0.588. The Bertz CT molecular complexity index is 475. The van der Waals surface area contributed by atoms with Crippen molar-refractivity contribution in [3.63, 3.8) is 0 Å². The molecule has 0 spiro atoms. The van der Waals surface area contributed by atoms with E-state index in [4.69, 9.17) is 15.2 Å². The molecule has 0 aliphatic heterocycles. The van der Waals surface area contributed by atoms with Gasteiger partial charge in [-0.15, -0.1) is 0 Å². The second-order valence-corrected chi connectivity index (χ2v) is 5.58. The van der Waals surface area contributed by atoms with Crippen LogP contribution in [0.4, 0.5) is 0 Å². The Hall–Kier alpha value is -1.75. The number of unbranched alkanes of at least 4 members (excludes halogenated alkanes) is 1. The van der Waals surface area contributed by atoms with Crippen molar-refractivity contribution in [3.8, 4) is 11.5 Å². The van der Waals surface area contributed by atoms with Crippen LogP contribution >= 0.6 is 0 Å². The topological polar surface area (TPSA) is 73.6 Å². The molecule has 124 valence electrons. The lowest BCUT2D eigenvalue weighted by molar-refractivity contribution is 0.0935. The number of amides is 1. The van der Waals surface area contributed by atoms with Gasteiger partial charge < -0.3 is 20.5 Å². The fourth-order valence-electron chi connectivity index (χ4n) is 2.13. The summed E-state index contributed by atoms with van der Waals surface area (Å²) in [5.41, 5.74) is 6.26. The van der Waals surface area contributed by atoms with Gasteiger partial charge >= 0.3 is 0 Å². The highest BCUT2D eigenvalue weighted by Gasteiger charge is 2.15. The highest BCUT2D eigenvalue weighted by Crippen LogP contribution is 2.29. The Kier molecular flexibility index (Phi) is 7.74. The molecule has 0 bridgehead atoms. The fourth-order valence-corrected chi connectivity index (χ4v) is 2.13. The largest absolute Gasteiger partial charge is 0.493 e. The minimum atomic E-state index is -0.138. The maximum Gasteiger partial charge on any atom is 0.251 e. The van der Waals surface area contributed by atoms with Crippen LogP contribution in [0.2, 0.25) is 0 Å². The smallest absolute Gasteiger partial charge is 0.251 e. The molecule has 5 heteroatoms. The minimum Gasteiger partial charge on any atom is -0.493 e. The average Bonchev–Trinajstić information content (AvgIpc) is 2.50. The molecular formula is C17H28N2O3. The predicted molar refractivity (Wildman–Crippen MR) is 88.6 cm³/mol. The molecule has 22 heavy (non-hydrogen) atoms. The Balaban J connectivity index is 2.80. The van der Waals surface area contributed by atoms with E-state index in [0.29, 0.717) is 23.6 Å². The summed E-state index contributed by atoms with van der Waals surface area (Å²) < 4.78 is 11.0. The lowest BCUT2D eigenvalue weighted by atomic mass is 10.1. The SMILES string of the molecule is CCCCC(CN)NC(=O)c1ccc(OC(C)C)c(OC)c1. The highest BCUT2D eigenvalue weighted by atomic mass is 16.5. The molecule has 1 unspecified atom stereocenters. The number of carbonyl (C=O) groups is 1. The van der Waals surface area contributed by atoms with Crippen LogP contribution in [0, 0.1) is 0 Å². The van der Waals surface area contributed by atoms with E-state index in [2.05, 4.69) is 12.2 Å². The first-order valence-corrected chi connectivity index (χ1v) is 7.87. The van der Waals surface area contributed by atoms with Gasteiger partial charge in [0.2, 0.25) is 0 Å². The Morgan fingerprint density at radius 3 is 2.59 bits per heavy atom. The van der Waals surface area contributed by atoms with Crippen LogP contribution in [0.3, 0.4) is 0 Å². The third-order valence-electron chi connectivity index (χ3n) is 3.31. The van der Waals surface area contributed by atoms with Crippen molar-refractivity contribution in [2.24, 2.45) is 5.73 Å². The van der Waals surface area contributed by atoms with Gasteiger partial charge in [-0.2, -0.15) is 0 Å². The molecule has 0 heterocycles. The molecule has 0 aliphatic carbocycles. The van der Waals surface area contributed by atoms with Gasteiger partial charge in [-0.25, -0.2) is 0 Å². The van der Waals surface area contributed by atoms with Crippen LogP contribution in [0.25, 0.3) is 0 Å². The molecule has 0 fully saturated rings. The van der Waals surface area contributed by atoms with Gasteiger partial charge in [0.25, 0.3) is 5.91 Å². The number of ether oxygens (including phenoxy) is 2. The van der Waals surface area contributed by atoms with E-state index in [-0.39, 0.29) is 18.1 Å². The average molecular weight is 308 g/mol. The number of nitrogens with one attached hydrogen (secondary N) is 1. The summed E-state index contributed by atoms with van der Waals surface area (Å²) >= 11 is 0. The van der Waals surface area contributed by atoms with Crippen molar-refractivity contribution in [3.05, 3.63) is 23.8 Å². The van der Waals surface area contributed by atoms with Crippen LogP contribution in [0.5, 0.6) is 11.5 Å². The molecular weight excluding hydrogens is 280 g/mol. The Morgan fingerprint density at radius 2 is 2.05 bits per heavy atom. The van der Waals surface area contributed by atoms with E-state index >= 15 is 0 Å². The molecule has 5 nitrogen and oxygen atoms in total. The lowest BCUT2D eigenvalue weighted by Crippen LogP contribution is -2.40. The van der Waals surface area contributed by atoms with E-state index in [0.717, 1.165) is 19.3 Å². The standard InChI is InChI=1S/C17H28N2O3/c1-5-6-7-14(11-18)19-17(20)13-8-9-15(22-12(2)3)16(10-13)21-4/h8-10,12,14H,5-7,11,18H2,1-4H3,(H,19,20). The normalized spacial score (nSPS) is 12.1. The van der Waals surface area contributed by atoms with Crippen molar-refractivity contribution in [1.82, 2.24) is 5.32 Å². The van der Waals surface area contributed by atoms with Crippen molar-refractivity contribution in [2.75, 3.05) is 13.7 Å². The van der Waals surface area contributed by atoms with Gasteiger partial charge in [-0.1, -0.05) is 19.8 Å². The summed E-state index contributed by atoms with van der Waals surface area (Å²) in [6.07, 6.45) is 3.07. The van der Waals surface area contributed by atoms with Crippen molar-refractivity contribution in [2.45, 2.75) is 52.2 Å². The highest BCUT2D eigenvalue weighted by molar-refractivity contribution is 5.95. The van der Waals surface area contributed by atoms with Gasteiger partial charge in [-0.3, -0.25) is 4.79 Å². The molecule has 1 aromatic rings. The first-order valence-electron chi connectivity index (χ1n) is 7.87. The molecule has 0 saturated carbocycles. The third-order valence-corrected chi connectivity index (χ3v) is 3.31. The van der Waals surface area contributed by atoms with E-state index < -0.39 is 0 Å². The molecule has 0 aliphatic rings. The Labute approximate surface area is 133 Å².